The predicted octanol–water partition coefficient (Wildman–Crippen LogP) is 2.14. The molecule has 1 aromatic heterocycles. The lowest BCUT2D eigenvalue weighted by Gasteiger charge is -2.09. The minimum atomic E-state index is -3.46. The van der Waals surface area contributed by atoms with Crippen molar-refractivity contribution >= 4 is 39.0 Å². The average molecular weight is 387 g/mol. The van der Waals surface area contributed by atoms with Crippen LogP contribution in [0.4, 0.5) is 5.69 Å². The molecule has 0 saturated heterocycles. The first-order chi connectivity index (χ1) is 11.6. The van der Waals surface area contributed by atoms with Crippen LogP contribution in [0.5, 0.6) is 0 Å². The number of sulfone groups is 1. The number of carbonyl (C=O) groups is 2. The number of ether oxygens (including phenoxy) is 1. The molecule has 10 heteroatoms. The molecule has 0 radical (unpaired) electrons. The van der Waals surface area contributed by atoms with Crippen LogP contribution in [0, 0.1) is 13.8 Å². The molecule has 0 spiro atoms. The summed E-state index contributed by atoms with van der Waals surface area (Å²) in [4.78, 5) is 23.9. The van der Waals surface area contributed by atoms with E-state index in [2.05, 4.69) is 10.5 Å². The topological polar surface area (TPSA) is 116 Å². The molecule has 25 heavy (non-hydrogen) atoms. The molecule has 1 aromatic carbocycles. The van der Waals surface area contributed by atoms with Crippen molar-refractivity contribution in [2.45, 2.75) is 18.7 Å². The van der Waals surface area contributed by atoms with E-state index in [0.717, 1.165) is 6.26 Å². The van der Waals surface area contributed by atoms with Crippen molar-refractivity contribution in [3.05, 3.63) is 40.2 Å². The summed E-state index contributed by atoms with van der Waals surface area (Å²) in [6, 6.07) is 3.90. The maximum Gasteiger partial charge on any atom is 0.344 e. The number of nitrogens with one attached hydrogen (secondary N) is 1. The second-order valence-electron chi connectivity index (χ2n) is 5.24. The van der Waals surface area contributed by atoms with Gasteiger partial charge in [0.2, 0.25) is 0 Å². The standard InChI is InChI=1S/C15H15ClN2O6S/c1-8-14(9(2)24-18-8)15(20)23-7-13(19)17-12-6-10(25(3,21)22)4-5-11(12)16/h4-6H,7H2,1-3H3,(H,17,19). The zero-order chi connectivity index (χ0) is 18.8. The monoisotopic (exact) mass is 386 g/mol. The Bertz CT molecular complexity index is 916. The highest BCUT2D eigenvalue weighted by atomic mass is 35.5. The molecule has 0 saturated carbocycles. The second kappa shape index (κ2) is 7.24. The molecule has 2 aromatic rings. The van der Waals surface area contributed by atoms with Crippen molar-refractivity contribution in [1.29, 1.82) is 0 Å². The lowest BCUT2D eigenvalue weighted by atomic mass is 10.2. The fraction of sp³-hybridized carbons (Fsp3) is 0.267. The van der Waals surface area contributed by atoms with Crippen LogP contribution in [0.25, 0.3) is 0 Å². The smallest absolute Gasteiger partial charge is 0.344 e. The van der Waals surface area contributed by atoms with Gasteiger partial charge >= 0.3 is 5.97 Å². The van der Waals surface area contributed by atoms with Crippen LogP contribution in [-0.4, -0.2) is 38.3 Å². The summed E-state index contributed by atoms with van der Waals surface area (Å²) in [6.07, 6.45) is 1.03. The van der Waals surface area contributed by atoms with Gasteiger partial charge in [-0.1, -0.05) is 16.8 Å². The number of anilines is 1. The molecule has 0 unspecified atom stereocenters. The van der Waals surface area contributed by atoms with Crippen LogP contribution in [0.1, 0.15) is 21.8 Å². The molecular formula is C15H15ClN2O6S. The summed E-state index contributed by atoms with van der Waals surface area (Å²) in [5, 5.41) is 6.18. The number of aromatic nitrogens is 1. The van der Waals surface area contributed by atoms with Gasteiger partial charge in [-0.25, -0.2) is 13.2 Å². The molecule has 0 aliphatic rings. The minimum absolute atomic E-state index is 0.0000779. The molecule has 1 N–H and O–H groups in total. The number of nitrogens with zero attached hydrogens (tertiary/aromatic N) is 1. The van der Waals surface area contributed by atoms with Crippen LogP contribution in [-0.2, 0) is 19.4 Å². The Balaban J connectivity index is 2.05. The van der Waals surface area contributed by atoms with Gasteiger partial charge in [0.05, 0.1) is 21.3 Å². The number of hydrogen-bond donors (Lipinski definition) is 1. The molecule has 1 amide bonds. The van der Waals surface area contributed by atoms with E-state index < -0.39 is 28.3 Å². The summed E-state index contributed by atoms with van der Waals surface area (Å²) < 4.78 is 32.9. The quantitative estimate of drug-likeness (QED) is 0.782. The van der Waals surface area contributed by atoms with Crippen LogP contribution >= 0.6 is 11.6 Å². The fourth-order valence-corrected chi connectivity index (χ4v) is 2.81. The third-order valence-corrected chi connectivity index (χ3v) is 4.65. The van der Waals surface area contributed by atoms with E-state index >= 15 is 0 Å². The van der Waals surface area contributed by atoms with Crippen molar-refractivity contribution in [1.82, 2.24) is 5.16 Å². The van der Waals surface area contributed by atoms with Crippen LogP contribution in [0.2, 0.25) is 5.02 Å². The maximum atomic E-state index is 11.9. The van der Waals surface area contributed by atoms with Gasteiger partial charge in [0, 0.05) is 6.26 Å². The minimum Gasteiger partial charge on any atom is -0.452 e. The first-order valence-corrected chi connectivity index (χ1v) is 9.26. The third kappa shape index (κ3) is 4.58. The highest BCUT2D eigenvalue weighted by molar-refractivity contribution is 7.90. The number of hydrogen-bond acceptors (Lipinski definition) is 7. The van der Waals surface area contributed by atoms with Crippen molar-refractivity contribution in [3.63, 3.8) is 0 Å². The maximum absolute atomic E-state index is 11.9. The number of carbonyl (C=O) groups excluding carboxylic acids is 2. The zero-order valence-corrected chi connectivity index (χ0v) is 15.2. The Morgan fingerprint density at radius 2 is 2.00 bits per heavy atom. The van der Waals surface area contributed by atoms with Crippen LogP contribution < -0.4 is 5.32 Å². The summed E-state index contributed by atoms with van der Waals surface area (Å²) in [5.74, 6) is -1.14. The lowest BCUT2D eigenvalue weighted by Crippen LogP contribution is -2.21. The highest BCUT2D eigenvalue weighted by Gasteiger charge is 2.20. The Labute approximate surface area is 149 Å². The molecule has 0 aliphatic heterocycles. The predicted molar refractivity (Wildman–Crippen MR) is 89.5 cm³/mol. The number of benzene rings is 1. The van der Waals surface area contributed by atoms with E-state index in [4.69, 9.17) is 20.9 Å². The summed E-state index contributed by atoms with van der Waals surface area (Å²) in [7, 11) is -3.46. The van der Waals surface area contributed by atoms with E-state index in [0.29, 0.717) is 5.69 Å². The Kier molecular flexibility index (Phi) is 5.48. The van der Waals surface area contributed by atoms with Crippen molar-refractivity contribution < 1.29 is 27.3 Å². The molecule has 0 bridgehead atoms. The molecule has 0 atom stereocenters. The SMILES string of the molecule is Cc1noc(C)c1C(=O)OCC(=O)Nc1cc(S(C)(=O)=O)ccc1Cl. The number of amides is 1. The van der Waals surface area contributed by atoms with Crippen molar-refractivity contribution in [2.24, 2.45) is 0 Å². The first-order valence-electron chi connectivity index (χ1n) is 6.99. The van der Waals surface area contributed by atoms with E-state index in [1.807, 2.05) is 0 Å². The first kappa shape index (κ1) is 18.9. The van der Waals surface area contributed by atoms with Gasteiger partial charge in [-0.05, 0) is 32.0 Å². The Morgan fingerprint density at radius 1 is 1.32 bits per heavy atom. The van der Waals surface area contributed by atoms with Gasteiger partial charge in [-0.2, -0.15) is 0 Å². The summed E-state index contributed by atoms with van der Waals surface area (Å²) >= 11 is 5.94. The zero-order valence-electron chi connectivity index (χ0n) is 13.6. The molecule has 0 fully saturated rings. The molecular weight excluding hydrogens is 372 g/mol. The Morgan fingerprint density at radius 3 is 2.56 bits per heavy atom. The largest absolute Gasteiger partial charge is 0.452 e. The summed E-state index contributed by atoms with van der Waals surface area (Å²) in [6.45, 7) is 2.54. The second-order valence-corrected chi connectivity index (χ2v) is 7.66. The van der Waals surface area contributed by atoms with Gasteiger partial charge < -0.3 is 14.6 Å². The Hall–Kier alpha value is -2.39. The van der Waals surface area contributed by atoms with Crippen molar-refractivity contribution in [3.8, 4) is 0 Å². The highest BCUT2D eigenvalue weighted by Crippen LogP contribution is 2.25. The van der Waals surface area contributed by atoms with Crippen LogP contribution in [0.15, 0.2) is 27.6 Å². The average Bonchev–Trinajstić information content (AvgIpc) is 2.85. The number of halogens is 1. The van der Waals surface area contributed by atoms with Gasteiger partial charge in [0.1, 0.15) is 11.3 Å². The molecule has 1 heterocycles. The third-order valence-electron chi connectivity index (χ3n) is 3.21. The van der Waals surface area contributed by atoms with E-state index in [9.17, 15) is 18.0 Å². The van der Waals surface area contributed by atoms with Gasteiger partial charge in [-0.3, -0.25) is 4.79 Å². The van der Waals surface area contributed by atoms with Gasteiger partial charge in [0.25, 0.3) is 5.91 Å². The molecule has 0 aliphatic carbocycles. The normalized spacial score (nSPS) is 11.2. The number of aryl methyl sites for hydroxylation is 2. The molecule has 8 nitrogen and oxygen atoms in total. The number of rotatable bonds is 5. The molecule has 2 rings (SSSR count). The lowest BCUT2D eigenvalue weighted by molar-refractivity contribution is -0.119. The number of esters is 1. The van der Waals surface area contributed by atoms with E-state index in [-0.39, 0.29) is 26.9 Å². The van der Waals surface area contributed by atoms with Gasteiger partial charge in [-0.15, -0.1) is 0 Å². The van der Waals surface area contributed by atoms with E-state index in [1.54, 1.807) is 13.8 Å². The molecule has 134 valence electrons. The summed E-state index contributed by atoms with van der Waals surface area (Å²) in [5.41, 5.74) is 0.611. The van der Waals surface area contributed by atoms with E-state index in [1.165, 1.54) is 18.2 Å². The van der Waals surface area contributed by atoms with Crippen LogP contribution in [0.3, 0.4) is 0 Å². The van der Waals surface area contributed by atoms with Crippen molar-refractivity contribution in [2.75, 3.05) is 18.2 Å². The van der Waals surface area contributed by atoms with Gasteiger partial charge in [0.15, 0.2) is 16.4 Å². The fourth-order valence-electron chi connectivity index (χ4n) is 1.99.